The molecule has 0 atom stereocenters. The first-order valence-corrected chi connectivity index (χ1v) is 9.37. The first kappa shape index (κ1) is 18.8. The third-order valence-corrected chi connectivity index (χ3v) is 4.94. The molecule has 4 aromatic rings. The van der Waals surface area contributed by atoms with Crippen LogP contribution in [-0.2, 0) is 13.1 Å². The first-order chi connectivity index (χ1) is 14.0. The Hall–Kier alpha value is -3.55. The largest absolute Gasteiger partial charge is 0.333 e. The maximum Gasteiger partial charge on any atom is 0.276 e. The smallest absolute Gasteiger partial charge is 0.276 e. The minimum absolute atomic E-state index is 0.245. The molecule has 0 aliphatic heterocycles. The summed E-state index contributed by atoms with van der Waals surface area (Å²) in [7, 11) is 1.72. The van der Waals surface area contributed by atoms with E-state index in [1.807, 2.05) is 24.3 Å². The lowest BCUT2D eigenvalue weighted by molar-refractivity contribution is 0.0773. The Morgan fingerprint density at radius 2 is 1.86 bits per heavy atom. The molecule has 0 unspecified atom stereocenters. The van der Waals surface area contributed by atoms with Gasteiger partial charge in [0.15, 0.2) is 5.69 Å². The second-order valence-corrected chi connectivity index (χ2v) is 6.83. The van der Waals surface area contributed by atoms with Crippen molar-refractivity contribution in [1.82, 2.24) is 29.4 Å². The summed E-state index contributed by atoms with van der Waals surface area (Å²) in [5.74, 6) is 0.236. The van der Waals surface area contributed by atoms with Crippen LogP contribution in [0.1, 0.15) is 28.9 Å². The van der Waals surface area contributed by atoms with E-state index >= 15 is 0 Å². The van der Waals surface area contributed by atoms with Crippen LogP contribution in [0.2, 0.25) is 0 Å². The van der Waals surface area contributed by atoms with Crippen molar-refractivity contribution in [3.8, 4) is 5.69 Å². The molecule has 2 heterocycles. The number of nitrogens with zero attached hydrogens (tertiary/aromatic N) is 6. The zero-order valence-electron chi connectivity index (χ0n) is 16.5. The number of amides is 1. The number of benzene rings is 2. The number of halogens is 1. The molecule has 0 aliphatic rings. The third kappa shape index (κ3) is 3.37. The number of carbonyl (C=O) groups excluding carboxylic acids is 1. The van der Waals surface area contributed by atoms with Crippen LogP contribution in [0.3, 0.4) is 0 Å². The van der Waals surface area contributed by atoms with E-state index in [2.05, 4.69) is 26.8 Å². The van der Waals surface area contributed by atoms with Gasteiger partial charge in [0.05, 0.1) is 29.0 Å². The number of hydrogen-bond donors (Lipinski definition) is 0. The summed E-state index contributed by atoms with van der Waals surface area (Å²) < 4.78 is 16.8. The van der Waals surface area contributed by atoms with Crippen molar-refractivity contribution in [3.63, 3.8) is 0 Å². The minimum atomic E-state index is -0.332. The first-order valence-electron chi connectivity index (χ1n) is 9.37. The standard InChI is InChI=1S/C21H21FN6O/c1-4-27-18-8-6-5-7-17(18)23-19(27)13-26(3)21(29)20-14(2)28(25-24-20)16-11-9-15(22)10-12-16/h5-12H,4,13H2,1-3H3. The monoisotopic (exact) mass is 392 g/mol. The molecule has 8 heteroatoms. The number of hydrogen-bond acceptors (Lipinski definition) is 4. The van der Waals surface area contributed by atoms with E-state index in [4.69, 9.17) is 0 Å². The van der Waals surface area contributed by atoms with Gasteiger partial charge in [0.2, 0.25) is 0 Å². The Labute approximate surface area is 167 Å². The Morgan fingerprint density at radius 1 is 1.14 bits per heavy atom. The molecule has 0 bridgehead atoms. The normalized spacial score (nSPS) is 11.2. The lowest BCUT2D eigenvalue weighted by atomic mass is 10.2. The van der Waals surface area contributed by atoms with Gasteiger partial charge >= 0.3 is 0 Å². The maximum absolute atomic E-state index is 13.2. The molecule has 29 heavy (non-hydrogen) atoms. The number of para-hydroxylation sites is 2. The van der Waals surface area contributed by atoms with Crippen molar-refractivity contribution >= 4 is 16.9 Å². The fraction of sp³-hybridized carbons (Fsp3) is 0.238. The maximum atomic E-state index is 13.2. The third-order valence-electron chi connectivity index (χ3n) is 4.94. The van der Waals surface area contributed by atoms with Crippen LogP contribution in [-0.4, -0.2) is 42.4 Å². The number of aromatic nitrogens is 5. The average molecular weight is 392 g/mol. The molecule has 0 saturated carbocycles. The molecule has 0 aliphatic carbocycles. The van der Waals surface area contributed by atoms with Crippen LogP contribution in [0, 0.1) is 12.7 Å². The zero-order valence-corrected chi connectivity index (χ0v) is 16.5. The molecule has 7 nitrogen and oxygen atoms in total. The van der Waals surface area contributed by atoms with Crippen molar-refractivity contribution in [2.24, 2.45) is 0 Å². The molecule has 148 valence electrons. The summed E-state index contributed by atoms with van der Waals surface area (Å²) in [5, 5.41) is 8.13. The van der Waals surface area contributed by atoms with E-state index in [1.165, 1.54) is 16.8 Å². The highest BCUT2D eigenvalue weighted by Gasteiger charge is 2.22. The number of aryl methyl sites for hydroxylation is 1. The molecule has 0 N–H and O–H groups in total. The van der Waals surface area contributed by atoms with Gasteiger partial charge in [-0.3, -0.25) is 4.79 Å². The van der Waals surface area contributed by atoms with Gasteiger partial charge in [-0.2, -0.15) is 0 Å². The predicted molar refractivity (Wildman–Crippen MR) is 107 cm³/mol. The van der Waals surface area contributed by atoms with E-state index < -0.39 is 0 Å². The molecule has 2 aromatic carbocycles. The van der Waals surface area contributed by atoms with E-state index in [9.17, 15) is 9.18 Å². The zero-order chi connectivity index (χ0) is 20.5. The summed E-state index contributed by atoms with van der Waals surface area (Å²) in [6, 6.07) is 13.8. The number of fused-ring (bicyclic) bond motifs is 1. The summed E-state index contributed by atoms with van der Waals surface area (Å²) in [6.07, 6.45) is 0. The fourth-order valence-electron chi connectivity index (χ4n) is 3.42. The van der Waals surface area contributed by atoms with Crippen molar-refractivity contribution in [1.29, 1.82) is 0 Å². The predicted octanol–water partition coefficient (Wildman–Crippen LogP) is 3.36. The Morgan fingerprint density at radius 3 is 2.59 bits per heavy atom. The van der Waals surface area contributed by atoms with E-state index in [1.54, 1.807) is 31.0 Å². The van der Waals surface area contributed by atoms with Crippen molar-refractivity contribution in [2.75, 3.05) is 7.05 Å². The van der Waals surface area contributed by atoms with Crippen molar-refractivity contribution in [2.45, 2.75) is 26.9 Å². The van der Waals surface area contributed by atoms with Gasteiger partial charge in [-0.25, -0.2) is 14.1 Å². The van der Waals surface area contributed by atoms with Gasteiger partial charge in [-0.1, -0.05) is 17.3 Å². The number of carbonyl (C=O) groups is 1. The van der Waals surface area contributed by atoms with Crippen LogP contribution >= 0.6 is 0 Å². The average Bonchev–Trinajstić information content (AvgIpc) is 3.27. The molecule has 1 amide bonds. The Kier molecular flexibility index (Phi) is 4.84. The topological polar surface area (TPSA) is 68.8 Å². The van der Waals surface area contributed by atoms with E-state index in [0.29, 0.717) is 17.9 Å². The minimum Gasteiger partial charge on any atom is -0.333 e. The lowest BCUT2D eigenvalue weighted by Gasteiger charge is -2.16. The van der Waals surface area contributed by atoms with Crippen LogP contribution in [0.5, 0.6) is 0 Å². The van der Waals surface area contributed by atoms with E-state index in [-0.39, 0.29) is 17.4 Å². The quantitative estimate of drug-likeness (QED) is 0.522. The SMILES string of the molecule is CCn1c(CN(C)C(=O)c2nnn(-c3ccc(F)cc3)c2C)nc2ccccc21. The van der Waals surface area contributed by atoms with Gasteiger partial charge in [0, 0.05) is 13.6 Å². The molecule has 0 saturated heterocycles. The molecule has 0 spiro atoms. The molecule has 4 rings (SSSR count). The molecular weight excluding hydrogens is 371 g/mol. The van der Waals surface area contributed by atoms with Gasteiger partial charge < -0.3 is 9.47 Å². The van der Waals surface area contributed by atoms with Crippen LogP contribution in [0.25, 0.3) is 16.7 Å². The Bertz CT molecular complexity index is 1180. The highest BCUT2D eigenvalue weighted by molar-refractivity contribution is 5.93. The number of imidazole rings is 1. The highest BCUT2D eigenvalue weighted by Crippen LogP contribution is 2.19. The molecule has 0 fully saturated rings. The summed E-state index contributed by atoms with van der Waals surface area (Å²) in [6.45, 7) is 4.94. The van der Waals surface area contributed by atoms with Crippen LogP contribution < -0.4 is 0 Å². The molecule has 2 aromatic heterocycles. The van der Waals surface area contributed by atoms with Crippen LogP contribution in [0.15, 0.2) is 48.5 Å². The van der Waals surface area contributed by atoms with Gasteiger partial charge in [-0.15, -0.1) is 5.10 Å². The second kappa shape index (κ2) is 7.46. The second-order valence-electron chi connectivity index (χ2n) is 6.83. The summed E-state index contributed by atoms with van der Waals surface area (Å²) in [4.78, 5) is 19.3. The summed E-state index contributed by atoms with van der Waals surface area (Å²) in [5.41, 5.74) is 3.45. The van der Waals surface area contributed by atoms with Crippen molar-refractivity contribution in [3.05, 3.63) is 71.6 Å². The summed E-state index contributed by atoms with van der Waals surface area (Å²) >= 11 is 0. The van der Waals surface area contributed by atoms with Gasteiger partial charge in [0.1, 0.15) is 11.6 Å². The van der Waals surface area contributed by atoms with E-state index in [0.717, 1.165) is 23.4 Å². The lowest BCUT2D eigenvalue weighted by Crippen LogP contribution is -2.28. The van der Waals surface area contributed by atoms with Gasteiger partial charge in [-0.05, 0) is 50.2 Å². The number of rotatable bonds is 5. The van der Waals surface area contributed by atoms with Crippen LogP contribution in [0.4, 0.5) is 4.39 Å². The molecule has 0 radical (unpaired) electrons. The fourth-order valence-corrected chi connectivity index (χ4v) is 3.42. The Balaban J connectivity index is 1.60. The molecular formula is C21H21FN6O. The van der Waals surface area contributed by atoms with Crippen molar-refractivity contribution < 1.29 is 9.18 Å². The van der Waals surface area contributed by atoms with Gasteiger partial charge in [0.25, 0.3) is 5.91 Å². The highest BCUT2D eigenvalue weighted by atomic mass is 19.1.